The van der Waals surface area contributed by atoms with Crippen LogP contribution in [0.2, 0.25) is 0 Å². The van der Waals surface area contributed by atoms with Crippen LogP contribution in [0.25, 0.3) is 22.3 Å². The molecular weight excluding hydrogens is 715 g/mol. The molecule has 6 unspecified atom stereocenters. The highest BCUT2D eigenvalue weighted by Crippen LogP contribution is 2.89. The molecule has 2 spiro atoms. The van der Waals surface area contributed by atoms with Gasteiger partial charge in [-0.2, -0.15) is 0 Å². The molecular formula is C57H55NO. The summed E-state index contributed by atoms with van der Waals surface area (Å²) >= 11 is 0. The van der Waals surface area contributed by atoms with E-state index in [1.165, 1.54) is 105 Å². The fourth-order valence-corrected chi connectivity index (χ4v) is 15.3. The van der Waals surface area contributed by atoms with Gasteiger partial charge in [-0.1, -0.05) is 139 Å². The summed E-state index contributed by atoms with van der Waals surface area (Å²) < 4.78 is 7.46. The van der Waals surface area contributed by atoms with Gasteiger partial charge in [0.2, 0.25) is 0 Å². The molecule has 6 aromatic rings. The van der Waals surface area contributed by atoms with E-state index in [4.69, 9.17) is 4.74 Å². The van der Waals surface area contributed by atoms with E-state index in [2.05, 4.69) is 174 Å². The Morgan fingerprint density at radius 1 is 0.559 bits per heavy atom. The van der Waals surface area contributed by atoms with Crippen molar-refractivity contribution in [3.63, 3.8) is 0 Å². The Morgan fingerprint density at radius 3 is 2.10 bits per heavy atom. The SMILES string of the molecule is CC1(C)CCC(C)(C)c2c(N(c3ccc4c(c3)C(C)(C)c3ccccc3-4)c3ccc4c(c3-c3ccccc3)Oc3ccccc3C43C4CC5CC6CC3C64C5)cccc21. The van der Waals surface area contributed by atoms with Crippen molar-refractivity contribution < 1.29 is 4.74 Å². The normalized spacial score (nSPS) is 29.5. The van der Waals surface area contributed by atoms with Crippen LogP contribution in [0.1, 0.15) is 113 Å². The van der Waals surface area contributed by atoms with Crippen LogP contribution in [0.4, 0.5) is 17.1 Å². The molecule has 6 aliphatic carbocycles. The first kappa shape index (κ1) is 34.8. The van der Waals surface area contributed by atoms with Gasteiger partial charge in [0.05, 0.1) is 11.4 Å². The van der Waals surface area contributed by atoms with Crippen molar-refractivity contribution in [2.24, 2.45) is 29.1 Å². The lowest BCUT2D eigenvalue weighted by molar-refractivity contribution is -0.235. The van der Waals surface area contributed by atoms with Crippen molar-refractivity contribution >= 4 is 17.1 Å². The summed E-state index contributed by atoms with van der Waals surface area (Å²) in [6, 6.07) is 49.0. The quantitative estimate of drug-likeness (QED) is 0.177. The van der Waals surface area contributed by atoms with Gasteiger partial charge < -0.3 is 9.64 Å². The average Bonchev–Trinajstić information content (AvgIpc) is 3.85. The van der Waals surface area contributed by atoms with Crippen LogP contribution < -0.4 is 9.64 Å². The Bertz CT molecular complexity index is 2790. The van der Waals surface area contributed by atoms with Crippen LogP contribution in [0.5, 0.6) is 11.5 Å². The number of para-hydroxylation sites is 1. The molecule has 1 aliphatic heterocycles. The number of rotatable bonds is 4. The number of nitrogens with zero attached hydrogens (tertiary/aromatic N) is 1. The molecule has 2 nitrogen and oxygen atoms in total. The van der Waals surface area contributed by atoms with Gasteiger partial charge in [-0.15, -0.1) is 0 Å². The van der Waals surface area contributed by atoms with Crippen molar-refractivity contribution in [1.29, 1.82) is 0 Å². The minimum Gasteiger partial charge on any atom is -0.456 e. The smallest absolute Gasteiger partial charge is 0.141 e. The average molecular weight is 770 g/mol. The molecule has 2 heteroatoms. The first-order valence-electron chi connectivity index (χ1n) is 22.6. The van der Waals surface area contributed by atoms with Crippen molar-refractivity contribution in [1.82, 2.24) is 0 Å². The zero-order valence-electron chi connectivity index (χ0n) is 35.5. The Labute approximate surface area is 350 Å². The predicted molar refractivity (Wildman–Crippen MR) is 242 cm³/mol. The maximum Gasteiger partial charge on any atom is 0.141 e. The maximum absolute atomic E-state index is 7.46. The lowest BCUT2D eigenvalue weighted by Gasteiger charge is -2.77. The van der Waals surface area contributed by atoms with Gasteiger partial charge in [-0.3, -0.25) is 0 Å². The summed E-state index contributed by atoms with van der Waals surface area (Å²) in [5, 5.41) is 0. The summed E-state index contributed by atoms with van der Waals surface area (Å²) in [5.41, 5.74) is 18.0. The lowest BCUT2D eigenvalue weighted by atomic mass is 9.26. The Kier molecular flexibility index (Phi) is 6.59. The third-order valence-corrected chi connectivity index (χ3v) is 17.8. The van der Waals surface area contributed by atoms with Crippen LogP contribution >= 0.6 is 0 Å². The van der Waals surface area contributed by atoms with Gasteiger partial charge in [0.15, 0.2) is 0 Å². The Hall–Kier alpha value is -5.08. The second-order valence-electron chi connectivity index (χ2n) is 21.6. The minimum atomic E-state index is -0.121. The number of hydrogen-bond donors (Lipinski definition) is 0. The van der Waals surface area contributed by atoms with Crippen LogP contribution in [-0.4, -0.2) is 0 Å². The second kappa shape index (κ2) is 11.2. The van der Waals surface area contributed by atoms with Crippen LogP contribution in [0.3, 0.4) is 0 Å². The van der Waals surface area contributed by atoms with E-state index < -0.39 is 0 Å². The summed E-state index contributed by atoms with van der Waals surface area (Å²) in [4.78, 5) is 2.65. The molecule has 0 N–H and O–H groups in total. The number of hydrogen-bond acceptors (Lipinski definition) is 2. The summed E-state index contributed by atoms with van der Waals surface area (Å²) in [7, 11) is 0. The fraction of sp³-hybridized carbons (Fsp3) is 0.368. The molecule has 13 rings (SSSR count). The van der Waals surface area contributed by atoms with Gasteiger partial charge in [0.1, 0.15) is 11.5 Å². The van der Waals surface area contributed by atoms with Crippen LogP contribution in [0, 0.1) is 29.1 Å². The maximum atomic E-state index is 7.46. The molecule has 294 valence electrons. The fourth-order valence-electron chi connectivity index (χ4n) is 15.3. The Morgan fingerprint density at radius 2 is 1.27 bits per heavy atom. The molecule has 4 saturated carbocycles. The van der Waals surface area contributed by atoms with Crippen molar-refractivity contribution in [3.05, 3.63) is 161 Å². The molecule has 6 aromatic carbocycles. The molecule has 6 atom stereocenters. The topological polar surface area (TPSA) is 12.5 Å². The molecule has 4 fully saturated rings. The van der Waals surface area contributed by atoms with Gasteiger partial charge in [0.25, 0.3) is 0 Å². The first-order chi connectivity index (χ1) is 28.5. The monoisotopic (exact) mass is 769 g/mol. The largest absolute Gasteiger partial charge is 0.456 e. The van der Waals surface area contributed by atoms with Gasteiger partial charge in [-0.05, 0) is 148 Å². The van der Waals surface area contributed by atoms with Crippen molar-refractivity contribution in [2.75, 3.05) is 4.90 Å². The van der Waals surface area contributed by atoms with Gasteiger partial charge >= 0.3 is 0 Å². The number of ether oxygens (including phenoxy) is 1. The first-order valence-corrected chi connectivity index (χ1v) is 22.6. The summed E-state index contributed by atoms with van der Waals surface area (Å²) in [5.74, 6) is 5.35. The van der Waals surface area contributed by atoms with E-state index in [1.807, 2.05) is 0 Å². The zero-order chi connectivity index (χ0) is 39.8. The standard InChI is InChI=1S/C57H55NO/c1-53(2)27-28-54(3,4)51-42(53)20-14-21-46(51)58(37-23-24-39-38-17-10-11-18-40(38)55(5,6)44(39)32-37)45-26-25-43-52(50(45)35-15-8-7-9-16-35)59-47-22-13-12-19-41(47)57(43)48-30-34-29-36-31-49(57)56(36,48)33-34/h7-26,32,34,36,48-49H,27-31,33H2,1-6H3. The molecule has 59 heavy (non-hydrogen) atoms. The molecule has 1 heterocycles. The van der Waals surface area contributed by atoms with Gasteiger partial charge in [-0.25, -0.2) is 0 Å². The third-order valence-electron chi connectivity index (χ3n) is 17.8. The highest BCUT2D eigenvalue weighted by atomic mass is 16.5. The second-order valence-corrected chi connectivity index (χ2v) is 21.6. The number of fused-ring (bicyclic) bond motifs is 11. The number of anilines is 3. The molecule has 7 aliphatic rings. The summed E-state index contributed by atoms with van der Waals surface area (Å²) in [6.45, 7) is 14.7. The van der Waals surface area contributed by atoms with Crippen molar-refractivity contribution in [2.45, 2.75) is 102 Å². The van der Waals surface area contributed by atoms with Crippen molar-refractivity contribution in [3.8, 4) is 33.8 Å². The van der Waals surface area contributed by atoms with E-state index >= 15 is 0 Å². The molecule has 0 radical (unpaired) electrons. The van der Waals surface area contributed by atoms with Gasteiger partial charge in [0, 0.05) is 33.2 Å². The van der Waals surface area contributed by atoms with E-state index in [-0.39, 0.29) is 21.7 Å². The van der Waals surface area contributed by atoms with E-state index in [1.54, 1.807) is 0 Å². The van der Waals surface area contributed by atoms with E-state index in [0.717, 1.165) is 29.8 Å². The van der Waals surface area contributed by atoms with E-state index in [9.17, 15) is 0 Å². The molecule has 0 amide bonds. The molecule has 0 saturated heterocycles. The van der Waals surface area contributed by atoms with Crippen LogP contribution in [0.15, 0.2) is 127 Å². The number of benzene rings is 6. The zero-order valence-corrected chi connectivity index (χ0v) is 35.5. The third kappa shape index (κ3) is 4.10. The molecule has 0 aromatic heterocycles. The highest BCUT2D eigenvalue weighted by molar-refractivity contribution is 5.95. The lowest BCUT2D eigenvalue weighted by Crippen LogP contribution is -2.74. The van der Waals surface area contributed by atoms with E-state index in [0.29, 0.717) is 17.3 Å². The predicted octanol–water partition coefficient (Wildman–Crippen LogP) is 14.9. The minimum absolute atomic E-state index is 0.00400. The highest BCUT2D eigenvalue weighted by Gasteiger charge is 2.84. The Balaban J connectivity index is 1.11. The summed E-state index contributed by atoms with van der Waals surface area (Å²) in [6.07, 6.45) is 7.97. The van der Waals surface area contributed by atoms with Crippen LogP contribution in [-0.2, 0) is 21.7 Å². The molecule has 2 bridgehead atoms.